The number of aryl methyl sites for hydroxylation is 1. The smallest absolute Gasteiger partial charge is 0.225 e. The van der Waals surface area contributed by atoms with Crippen molar-refractivity contribution in [2.45, 2.75) is 40.2 Å². The van der Waals surface area contributed by atoms with Crippen molar-refractivity contribution in [2.24, 2.45) is 5.92 Å². The summed E-state index contributed by atoms with van der Waals surface area (Å²) >= 11 is 0. The summed E-state index contributed by atoms with van der Waals surface area (Å²) in [5, 5.41) is 8.15. The number of nitrogens with zero attached hydrogens (tertiary/aromatic N) is 2. The van der Waals surface area contributed by atoms with Gasteiger partial charge in [-0.3, -0.25) is 5.10 Å². The largest absolute Gasteiger partial charge is 0.474 e. The van der Waals surface area contributed by atoms with Crippen LogP contribution in [0.3, 0.4) is 0 Å². The quantitative estimate of drug-likeness (QED) is 0.882. The number of ether oxygens (including phenoxy) is 1. The highest BCUT2D eigenvalue weighted by Gasteiger charge is 2.13. The van der Waals surface area contributed by atoms with E-state index in [0.29, 0.717) is 11.8 Å². The summed E-state index contributed by atoms with van der Waals surface area (Å²) in [6.45, 7) is 8.45. The minimum absolute atomic E-state index is 0.169. The maximum Gasteiger partial charge on any atom is 0.225 e. The molecule has 0 aliphatic heterocycles. The first kappa shape index (κ1) is 11.9. The summed E-state index contributed by atoms with van der Waals surface area (Å²) in [5.74, 6) is 1.30. The van der Waals surface area contributed by atoms with Crippen molar-refractivity contribution in [2.75, 3.05) is 0 Å². The van der Waals surface area contributed by atoms with E-state index in [-0.39, 0.29) is 6.10 Å². The van der Waals surface area contributed by atoms with Crippen molar-refractivity contribution < 1.29 is 4.74 Å². The standard InChI is InChI=1S/C13H19N3O/c1-8(2)7-9(3)17-13-12-10(4)15-16-11(12)5-6-14-13/h5-6,8-9H,7H2,1-4H3,(H,15,16)/t9-/m1/s1. The number of aromatic amines is 1. The van der Waals surface area contributed by atoms with Crippen LogP contribution in [0.1, 0.15) is 32.9 Å². The number of H-pyrrole nitrogens is 1. The summed E-state index contributed by atoms with van der Waals surface area (Å²) in [6.07, 6.45) is 2.93. The molecule has 17 heavy (non-hydrogen) atoms. The third-order valence-electron chi connectivity index (χ3n) is 2.73. The zero-order valence-electron chi connectivity index (χ0n) is 10.8. The Balaban J connectivity index is 2.26. The minimum atomic E-state index is 0.169. The van der Waals surface area contributed by atoms with Crippen LogP contribution in [-0.4, -0.2) is 21.3 Å². The molecule has 1 atom stereocenters. The van der Waals surface area contributed by atoms with Crippen LogP contribution in [0.5, 0.6) is 5.88 Å². The highest BCUT2D eigenvalue weighted by atomic mass is 16.5. The summed E-state index contributed by atoms with van der Waals surface area (Å²) in [5.41, 5.74) is 1.91. The van der Waals surface area contributed by atoms with Gasteiger partial charge in [0.15, 0.2) is 0 Å². The van der Waals surface area contributed by atoms with Gasteiger partial charge in [0.05, 0.1) is 17.0 Å². The Hall–Kier alpha value is -1.58. The average molecular weight is 233 g/mol. The van der Waals surface area contributed by atoms with E-state index in [1.54, 1.807) is 6.20 Å². The topological polar surface area (TPSA) is 50.8 Å². The molecule has 0 radical (unpaired) electrons. The van der Waals surface area contributed by atoms with Crippen molar-refractivity contribution in [3.8, 4) is 5.88 Å². The third-order valence-corrected chi connectivity index (χ3v) is 2.73. The fourth-order valence-corrected chi connectivity index (χ4v) is 2.07. The Bertz CT molecular complexity index is 504. The molecule has 0 aliphatic carbocycles. The monoisotopic (exact) mass is 233 g/mol. The van der Waals surface area contributed by atoms with Crippen LogP contribution in [0, 0.1) is 12.8 Å². The van der Waals surface area contributed by atoms with E-state index < -0.39 is 0 Å². The fraction of sp³-hybridized carbons (Fsp3) is 0.538. The molecule has 2 heterocycles. The maximum absolute atomic E-state index is 5.91. The van der Waals surface area contributed by atoms with E-state index in [9.17, 15) is 0 Å². The normalized spacial score (nSPS) is 13.2. The molecule has 0 unspecified atom stereocenters. The molecule has 0 aliphatic rings. The van der Waals surface area contributed by atoms with Crippen LogP contribution in [0.15, 0.2) is 12.3 Å². The molecule has 0 bridgehead atoms. The van der Waals surface area contributed by atoms with Gasteiger partial charge < -0.3 is 4.74 Å². The first-order chi connectivity index (χ1) is 8.08. The molecule has 4 nitrogen and oxygen atoms in total. The maximum atomic E-state index is 5.91. The highest BCUT2D eigenvalue weighted by Crippen LogP contribution is 2.25. The van der Waals surface area contributed by atoms with Gasteiger partial charge in [0.1, 0.15) is 0 Å². The lowest BCUT2D eigenvalue weighted by atomic mass is 10.1. The number of hydrogen-bond donors (Lipinski definition) is 1. The molecule has 2 aromatic heterocycles. The second kappa shape index (κ2) is 4.73. The van der Waals surface area contributed by atoms with E-state index in [2.05, 4.69) is 36.0 Å². The molecule has 92 valence electrons. The van der Waals surface area contributed by atoms with E-state index in [1.807, 2.05) is 13.0 Å². The minimum Gasteiger partial charge on any atom is -0.474 e. The predicted molar refractivity (Wildman–Crippen MR) is 68.2 cm³/mol. The molecule has 0 saturated heterocycles. The molecular formula is C13H19N3O. The van der Waals surface area contributed by atoms with Crippen LogP contribution in [0.4, 0.5) is 0 Å². The van der Waals surface area contributed by atoms with Gasteiger partial charge in [0, 0.05) is 11.9 Å². The summed E-state index contributed by atoms with van der Waals surface area (Å²) in [6, 6.07) is 1.89. The molecule has 0 amide bonds. The number of fused-ring (bicyclic) bond motifs is 1. The summed E-state index contributed by atoms with van der Waals surface area (Å²) in [4.78, 5) is 4.30. The lowest BCUT2D eigenvalue weighted by Crippen LogP contribution is -2.15. The van der Waals surface area contributed by atoms with Gasteiger partial charge in [0.2, 0.25) is 5.88 Å². The molecule has 4 heteroatoms. The Morgan fingerprint density at radius 1 is 1.35 bits per heavy atom. The van der Waals surface area contributed by atoms with Gasteiger partial charge in [-0.2, -0.15) is 5.10 Å². The van der Waals surface area contributed by atoms with E-state index in [1.165, 1.54) is 0 Å². The lowest BCUT2D eigenvalue weighted by molar-refractivity contribution is 0.188. The third kappa shape index (κ3) is 2.57. The Kier molecular flexibility index (Phi) is 3.31. The van der Waals surface area contributed by atoms with Gasteiger partial charge in [-0.15, -0.1) is 0 Å². The predicted octanol–water partition coefficient (Wildman–Crippen LogP) is 3.08. The van der Waals surface area contributed by atoms with Crippen molar-refractivity contribution in [3.63, 3.8) is 0 Å². The summed E-state index contributed by atoms with van der Waals surface area (Å²) < 4.78 is 5.91. The molecule has 2 rings (SSSR count). The number of nitrogens with one attached hydrogen (secondary N) is 1. The lowest BCUT2D eigenvalue weighted by Gasteiger charge is -2.16. The zero-order chi connectivity index (χ0) is 12.4. The Morgan fingerprint density at radius 3 is 2.82 bits per heavy atom. The molecule has 2 aromatic rings. The van der Waals surface area contributed by atoms with Crippen LogP contribution in [0.25, 0.3) is 10.9 Å². The SMILES string of the molecule is Cc1[nH]nc2ccnc(O[C@H](C)CC(C)C)c12. The van der Waals surface area contributed by atoms with Crippen LogP contribution in [-0.2, 0) is 0 Å². The Morgan fingerprint density at radius 2 is 2.12 bits per heavy atom. The first-order valence-corrected chi connectivity index (χ1v) is 6.04. The molecule has 0 spiro atoms. The second-order valence-electron chi connectivity index (χ2n) is 4.92. The number of aromatic nitrogens is 3. The number of hydrogen-bond acceptors (Lipinski definition) is 3. The Labute approximate surface area is 101 Å². The van der Waals surface area contributed by atoms with Crippen molar-refractivity contribution in [1.82, 2.24) is 15.2 Å². The fourth-order valence-electron chi connectivity index (χ4n) is 2.07. The van der Waals surface area contributed by atoms with E-state index >= 15 is 0 Å². The van der Waals surface area contributed by atoms with Gasteiger partial charge >= 0.3 is 0 Å². The molecular weight excluding hydrogens is 214 g/mol. The van der Waals surface area contributed by atoms with Gasteiger partial charge in [0.25, 0.3) is 0 Å². The molecule has 0 fully saturated rings. The number of pyridine rings is 1. The van der Waals surface area contributed by atoms with E-state index in [0.717, 1.165) is 23.0 Å². The second-order valence-corrected chi connectivity index (χ2v) is 4.92. The average Bonchev–Trinajstić information content (AvgIpc) is 2.60. The van der Waals surface area contributed by atoms with Crippen molar-refractivity contribution in [3.05, 3.63) is 18.0 Å². The van der Waals surface area contributed by atoms with Crippen molar-refractivity contribution >= 4 is 10.9 Å². The van der Waals surface area contributed by atoms with Gasteiger partial charge in [-0.1, -0.05) is 13.8 Å². The first-order valence-electron chi connectivity index (χ1n) is 6.04. The van der Waals surface area contributed by atoms with Crippen LogP contribution in [0.2, 0.25) is 0 Å². The van der Waals surface area contributed by atoms with Crippen molar-refractivity contribution in [1.29, 1.82) is 0 Å². The van der Waals surface area contributed by atoms with E-state index in [4.69, 9.17) is 4.74 Å². The van der Waals surface area contributed by atoms with Gasteiger partial charge in [-0.25, -0.2) is 4.98 Å². The van der Waals surface area contributed by atoms with Gasteiger partial charge in [-0.05, 0) is 32.3 Å². The highest BCUT2D eigenvalue weighted by molar-refractivity contribution is 5.85. The molecule has 0 aromatic carbocycles. The summed E-state index contributed by atoms with van der Waals surface area (Å²) in [7, 11) is 0. The van der Waals surface area contributed by atoms with Crippen LogP contribution < -0.4 is 4.74 Å². The zero-order valence-corrected chi connectivity index (χ0v) is 10.8. The number of rotatable bonds is 4. The molecule has 1 N–H and O–H groups in total. The molecule has 0 saturated carbocycles. The van der Waals surface area contributed by atoms with Crippen LogP contribution >= 0.6 is 0 Å².